The Hall–Kier alpha value is -2.15. The molecule has 2 heterocycles. The van der Waals surface area contributed by atoms with Gasteiger partial charge in [-0.3, -0.25) is 4.79 Å². The first-order valence-corrected chi connectivity index (χ1v) is 8.55. The summed E-state index contributed by atoms with van der Waals surface area (Å²) in [6.07, 6.45) is 0. The Morgan fingerprint density at radius 1 is 1.17 bits per heavy atom. The van der Waals surface area contributed by atoms with Crippen molar-refractivity contribution in [2.24, 2.45) is 0 Å². The molecule has 1 saturated heterocycles. The van der Waals surface area contributed by atoms with Gasteiger partial charge >= 0.3 is 0 Å². The minimum atomic E-state index is 0.0624. The Labute approximate surface area is 149 Å². The minimum Gasteiger partial charge on any atom is -0.481 e. The van der Waals surface area contributed by atoms with Crippen molar-refractivity contribution in [3.05, 3.63) is 46.2 Å². The van der Waals surface area contributed by atoms with E-state index >= 15 is 0 Å². The predicted octanol–water partition coefficient (Wildman–Crippen LogP) is 2.52. The van der Waals surface area contributed by atoms with E-state index in [1.807, 2.05) is 42.2 Å². The predicted molar refractivity (Wildman–Crippen MR) is 95.6 cm³/mol. The Bertz CT molecular complexity index is 745. The van der Waals surface area contributed by atoms with Crippen molar-refractivity contribution in [3.63, 3.8) is 0 Å². The van der Waals surface area contributed by atoms with Crippen LogP contribution in [0.5, 0.6) is 5.88 Å². The molecule has 0 bridgehead atoms. The number of amides is 1. The Balaban J connectivity index is 1.67. The highest BCUT2D eigenvalue weighted by Crippen LogP contribution is 2.20. The maximum absolute atomic E-state index is 12.6. The van der Waals surface area contributed by atoms with Crippen molar-refractivity contribution in [3.8, 4) is 5.88 Å². The lowest BCUT2D eigenvalue weighted by molar-refractivity contribution is 0.0746. The quantitative estimate of drug-likeness (QED) is 0.805. The second kappa shape index (κ2) is 7.17. The number of ether oxygens (including phenoxy) is 1. The van der Waals surface area contributed by atoms with Gasteiger partial charge in [-0.25, -0.2) is 4.98 Å². The van der Waals surface area contributed by atoms with Gasteiger partial charge in [0.25, 0.3) is 5.91 Å². The average Bonchev–Trinajstić information content (AvgIpc) is 2.60. The molecule has 2 aromatic rings. The lowest BCUT2D eigenvalue weighted by Crippen LogP contribution is -2.49. The number of hydrogen-bond acceptors (Lipinski definition) is 5. The number of benzene rings is 1. The van der Waals surface area contributed by atoms with E-state index in [4.69, 9.17) is 4.74 Å². The van der Waals surface area contributed by atoms with E-state index in [1.165, 1.54) is 0 Å². The van der Waals surface area contributed by atoms with E-state index in [-0.39, 0.29) is 5.91 Å². The van der Waals surface area contributed by atoms with Crippen LogP contribution in [0.4, 0.5) is 5.82 Å². The van der Waals surface area contributed by atoms with Gasteiger partial charge in [0.2, 0.25) is 5.88 Å². The van der Waals surface area contributed by atoms with Crippen molar-refractivity contribution in [2.75, 3.05) is 38.2 Å². The third-order valence-electron chi connectivity index (χ3n) is 3.97. The molecule has 0 unspecified atom stereocenters. The molecule has 1 amide bonds. The molecule has 3 rings (SSSR count). The zero-order valence-electron chi connectivity index (χ0n) is 13.7. The Morgan fingerprint density at radius 2 is 1.92 bits per heavy atom. The van der Waals surface area contributed by atoms with Gasteiger partial charge in [0.15, 0.2) is 0 Å². The molecule has 1 aliphatic heterocycles. The van der Waals surface area contributed by atoms with Crippen molar-refractivity contribution < 1.29 is 9.53 Å². The second-order valence-electron chi connectivity index (χ2n) is 5.61. The molecule has 1 fully saturated rings. The number of nitrogens with zero attached hydrogens (tertiary/aromatic N) is 4. The summed E-state index contributed by atoms with van der Waals surface area (Å²) in [4.78, 5) is 25.3. The lowest BCUT2D eigenvalue weighted by Gasteiger charge is -2.35. The Kier molecular flexibility index (Phi) is 4.99. The van der Waals surface area contributed by atoms with Crippen LogP contribution in [0.3, 0.4) is 0 Å². The van der Waals surface area contributed by atoms with Crippen molar-refractivity contribution in [2.45, 2.75) is 6.92 Å². The standard InChI is InChI=1S/C17H19BrN4O2/c1-12-19-15(11-16(20-12)24-2)21-6-8-22(9-7-21)17(23)13-4-3-5-14(18)10-13/h3-5,10-11H,6-9H2,1-2H3. The second-order valence-corrected chi connectivity index (χ2v) is 6.52. The molecular weight excluding hydrogens is 372 g/mol. The molecule has 1 aromatic carbocycles. The molecule has 126 valence electrons. The highest BCUT2D eigenvalue weighted by atomic mass is 79.9. The normalized spacial score (nSPS) is 14.6. The van der Waals surface area contributed by atoms with Crippen LogP contribution in [0.15, 0.2) is 34.8 Å². The maximum Gasteiger partial charge on any atom is 0.254 e. The summed E-state index contributed by atoms with van der Waals surface area (Å²) < 4.78 is 6.12. The van der Waals surface area contributed by atoms with Crippen LogP contribution in [0.1, 0.15) is 16.2 Å². The minimum absolute atomic E-state index is 0.0624. The first kappa shape index (κ1) is 16.7. The SMILES string of the molecule is COc1cc(N2CCN(C(=O)c3cccc(Br)c3)CC2)nc(C)n1. The number of carbonyl (C=O) groups is 1. The topological polar surface area (TPSA) is 58.6 Å². The average molecular weight is 391 g/mol. The fourth-order valence-electron chi connectivity index (χ4n) is 2.73. The van der Waals surface area contributed by atoms with E-state index in [2.05, 4.69) is 30.8 Å². The number of methoxy groups -OCH3 is 1. The first-order valence-electron chi connectivity index (χ1n) is 7.76. The number of rotatable bonds is 3. The van der Waals surface area contributed by atoms with E-state index in [1.54, 1.807) is 7.11 Å². The van der Waals surface area contributed by atoms with Crippen LogP contribution in [0.2, 0.25) is 0 Å². The van der Waals surface area contributed by atoms with Gasteiger partial charge in [-0.1, -0.05) is 22.0 Å². The van der Waals surface area contributed by atoms with Crippen LogP contribution in [0, 0.1) is 6.92 Å². The van der Waals surface area contributed by atoms with Gasteiger partial charge in [0, 0.05) is 42.3 Å². The first-order chi connectivity index (χ1) is 11.6. The zero-order valence-corrected chi connectivity index (χ0v) is 15.3. The monoisotopic (exact) mass is 390 g/mol. The van der Waals surface area contributed by atoms with E-state index in [9.17, 15) is 4.79 Å². The molecule has 0 atom stereocenters. The number of anilines is 1. The van der Waals surface area contributed by atoms with Crippen LogP contribution >= 0.6 is 15.9 Å². The third kappa shape index (κ3) is 3.67. The van der Waals surface area contributed by atoms with Gasteiger partial charge < -0.3 is 14.5 Å². The number of hydrogen-bond donors (Lipinski definition) is 0. The fourth-order valence-corrected chi connectivity index (χ4v) is 3.13. The fraction of sp³-hybridized carbons (Fsp3) is 0.353. The molecule has 0 saturated carbocycles. The highest BCUT2D eigenvalue weighted by Gasteiger charge is 2.23. The summed E-state index contributed by atoms with van der Waals surface area (Å²) in [6.45, 7) is 4.64. The van der Waals surface area contributed by atoms with E-state index < -0.39 is 0 Å². The van der Waals surface area contributed by atoms with Gasteiger partial charge in [-0.05, 0) is 25.1 Å². The molecule has 0 aliphatic carbocycles. The molecule has 1 aliphatic rings. The molecule has 24 heavy (non-hydrogen) atoms. The van der Waals surface area contributed by atoms with Crippen LogP contribution in [0.25, 0.3) is 0 Å². The molecule has 0 N–H and O–H groups in total. The smallest absolute Gasteiger partial charge is 0.254 e. The maximum atomic E-state index is 12.6. The van der Waals surface area contributed by atoms with Crippen molar-refractivity contribution in [1.29, 1.82) is 0 Å². The molecule has 6 nitrogen and oxygen atoms in total. The summed E-state index contributed by atoms with van der Waals surface area (Å²) in [5, 5.41) is 0. The third-order valence-corrected chi connectivity index (χ3v) is 4.47. The number of halogens is 1. The van der Waals surface area contributed by atoms with Crippen LogP contribution in [-0.4, -0.2) is 54.1 Å². The van der Waals surface area contributed by atoms with Gasteiger partial charge in [-0.15, -0.1) is 0 Å². The summed E-state index contributed by atoms with van der Waals surface area (Å²) in [7, 11) is 1.60. The van der Waals surface area contributed by atoms with E-state index in [0.717, 1.165) is 23.4 Å². The van der Waals surface area contributed by atoms with Crippen molar-refractivity contribution >= 4 is 27.7 Å². The van der Waals surface area contributed by atoms with Crippen LogP contribution < -0.4 is 9.64 Å². The summed E-state index contributed by atoms with van der Waals surface area (Å²) in [5.41, 5.74) is 0.706. The Morgan fingerprint density at radius 3 is 2.58 bits per heavy atom. The zero-order chi connectivity index (χ0) is 17.1. The number of piperazine rings is 1. The molecule has 7 heteroatoms. The van der Waals surface area contributed by atoms with Crippen molar-refractivity contribution in [1.82, 2.24) is 14.9 Å². The summed E-state index contributed by atoms with van der Waals surface area (Å²) in [6, 6.07) is 9.33. The molecule has 0 radical (unpaired) electrons. The molecule has 1 aromatic heterocycles. The number of carbonyl (C=O) groups excluding carboxylic acids is 1. The summed E-state index contributed by atoms with van der Waals surface area (Å²) >= 11 is 3.41. The van der Waals surface area contributed by atoms with E-state index in [0.29, 0.717) is 30.4 Å². The summed E-state index contributed by atoms with van der Waals surface area (Å²) in [5.74, 6) is 2.14. The lowest BCUT2D eigenvalue weighted by atomic mass is 10.2. The highest BCUT2D eigenvalue weighted by molar-refractivity contribution is 9.10. The van der Waals surface area contributed by atoms with Gasteiger partial charge in [0.05, 0.1) is 7.11 Å². The van der Waals surface area contributed by atoms with Gasteiger partial charge in [0.1, 0.15) is 11.6 Å². The largest absolute Gasteiger partial charge is 0.481 e. The van der Waals surface area contributed by atoms with Crippen LogP contribution in [-0.2, 0) is 0 Å². The molecule has 0 spiro atoms. The number of aromatic nitrogens is 2. The molecular formula is C17H19BrN4O2. The number of aryl methyl sites for hydroxylation is 1. The van der Waals surface area contributed by atoms with Gasteiger partial charge in [-0.2, -0.15) is 4.98 Å².